The second-order valence-corrected chi connectivity index (χ2v) is 9.53. The summed E-state index contributed by atoms with van der Waals surface area (Å²) in [5.41, 5.74) is 6.20. The van der Waals surface area contributed by atoms with E-state index in [1.54, 1.807) is 5.56 Å². The van der Waals surface area contributed by atoms with Crippen LogP contribution in [0.5, 0.6) is 0 Å². The van der Waals surface area contributed by atoms with E-state index in [0.29, 0.717) is 5.41 Å². The van der Waals surface area contributed by atoms with Gasteiger partial charge in [0.25, 0.3) is 0 Å². The first-order chi connectivity index (χ1) is 12.3. The number of hydrogen-bond donors (Lipinski definition) is 1. The summed E-state index contributed by atoms with van der Waals surface area (Å²) in [6, 6.07) is 4.70. The van der Waals surface area contributed by atoms with E-state index in [2.05, 4.69) is 32.9 Å². The number of unbranched alkanes of at least 4 members (excludes halogenated alkanes) is 2. The number of carboxylic acid groups (broad SMARTS) is 1. The van der Waals surface area contributed by atoms with Gasteiger partial charge in [0.05, 0.1) is 5.41 Å². The Morgan fingerprint density at radius 2 is 1.62 bits per heavy atom. The molecule has 2 aliphatic carbocycles. The molecule has 0 saturated heterocycles. The molecule has 0 amide bonds. The molecule has 0 aliphatic heterocycles. The SMILES string of the molecule is Cc1cc(C)c(CCCCC2(C(=O)O)CC2)c(CCCCC2(C)CC2)c1. The van der Waals surface area contributed by atoms with E-state index in [0.717, 1.165) is 38.5 Å². The molecule has 2 saturated carbocycles. The van der Waals surface area contributed by atoms with Gasteiger partial charge in [-0.25, -0.2) is 0 Å². The van der Waals surface area contributed by atoms with Gasteiger partial charge in [-0.05, 0) is 100 Å². The molecule has 2 nitrogen and oxygen atoms in total. The minimum Gasteiger partial charge on any atom is -0.481 e. The van der Waals surface area contributed by atoms with Crippen molar-refractivity contribution in [1.82, 2.24) is 0 Å². The third-order valence-corrected chi connectivity index (χ3v) is 6.93. The zero-order valence-corrected chi connectivity index (χ0v) is 17.0. The number of carbonyl (C=O) groups is 1. The molecule has 0 atom stereocenters. The summed E-state index contributed by atoms with van der Waals surface area (Å²) in [5.74, 6) is -0.575. The number of aryl methyl sites for hydroxylation is 3. The summed E-state index contributed by atoms with van der Waals surface area (Å²) in [4.78, 5) is 11.3. The topological polar surface area (TPSA) is 37.3 Å². The standard InChI is InChI=1S/C24H36O2/c1-18-16-19(2)21(9-5-7-11-24(14-15-24)22(25)26)20(17-18)8-4-6-10-23(3)12-13-23/h16-17H,4-15H2,1-3H3,(H,25,26). The molecule has 3 rings (SSSR count). The third kappa shape index (κ3) is 4.90. The average molecular weight is 357 g/mol. The maximum atomic E-state index is 11.3. The summed E-state index contributed by atoms with van der Waals surface area (Å²) in [7, 11) is 0. The van der Waals surface area contributed by atoms with Crippen molar-refractivity contribution in [3.8, 4) is 0 Å². The van der Waals surface area contributed by atoms with Crippen LogP contribution in [0.25, 0.3) is 0 Å². The number of carboxylic acids is 1. The molecule has 1 aromatic carbocycles. The summed E-state index contributed by atoms with van der Waals surface area (Å²) in [5, 5.41) is 9.32. The highest BCUT2D eigenvalue weighted by Gasteiger charge is 2.49. The molecule has 0 spiro atoms. The number of hydrogen-bond acceptors (Lipinski definition) is 1. The minimum absolute atomic E-state index is 0.357. The molecule has 1 N–H and O–H groups in total. The number of aliphatic carboxylic acids is 1. The molecule has 0 bridgehead atoms. The van der Waals surface area contributed by atoms with Gasteiger partial charge in [-0.3, -0.25) is 4.79 Å². The Morgan fingerprint density at radius 1 is 0.962 bits per heavy atom. The van der Waals surface area contributed by atoms with Crippen LogP contribution in [-0.2, 0) is 17.6 Å². The molecule has 144 valence electrons. The van der Waals surface area contributed by atoms with Crippen LogP contribution in [-0.4, -0.2) is 11.1 Å². The Hall–Kier alpha value is -1.31. The minimum atomic E-state index is -0.575. The molecule has 26 heavy (non-hydrogen) atoms. The highest BCUT2D eigenvalue weighted by Crippen LogP contribution is 2.50. The highest BCUT2D eigenvalue weighted by atomic mass is 16.4. The van der Waals surface area contributed by atoms with Crippen molar-refractivity contribution in [3.05, 3.63) is 34.4 Å². The molecule has 2 fully saturated rings. The summed E-state index contributed by atoms with van der Waals surface area (Å²) >= 11 is 0. The Kier molecular flexibility index (Phi) is 5.79. The summed E-state index contributed by atoms with van der Waals surface area (Å²) in [6.07, 6.45) is 14.0. The van der Waals surface area contributed by atoms with Gasteiger partial charge in [0.1, 0.15) is 0 Å². The molecule has 0 heterocycles. The van der Waals surface area contributed by atoms with Crippen LogP contribution in [0.3, 0.4) is 0 Å². The fourth-order valence-electron chi connectivity index (χ4n) is 4.48. The van der Waals surface area contributed by atoms with Crippen LogP contribution in [0.2, 0.25) is 0 Å². The van der Waals surface area contributed by atoms with E-state index in [-0.39, 0.29) is 5.41 Å². The van der Waals surface area contributed by atoms with E-state index in [4.69, 9.17) is 0 Å². The normalized spacial score (nSPS) is 19.3. The van der Waals surface area contributed by atoms with Crippen molar-refractivity contribution in [2.24, 2.45) is 10.8 Å². The molecule has 0 unspecified atom stereocenters. The Balaban J connectivity index is 1.50. The van der Waals surface area contributed by atoms with Gasteiger partial charge < -0.3 is 5.11 Å². The molecule has 2 heteroatoms. The first-order valence-electron chi connectivity index (χ1n) is 10.7. The van der Waals surface area contributed by atoms with Crippen molar-refractivity contribution in [3.63, 3.8) is 0 Å². The van der Waals surface area contributed by atoms with Crippen LogP contribution in [0.1, 0.15) is 93.4 Å². The van der Waals surface area contributed by atoms with E-state index < -0.39 is 5.97 Å². The van der Waals surface area contributed by atoms with E-state index in [9.17, 15) is 9.90 Å². The maximum absolute atomic E-state index is 11.3. The smallest absolute Gasteiger partial charge is 0.309 e. The fraction of sp³-hybridized carbons (Fsp3) is 0.708. The third-order valence-electron chi connectivity index (χ3n) is 6.93. The largest absolute Gasteiger partial charge is 0.481 e. The van der Waals surface area contributed by atoms with E-state index >= 15 is 0 Å². The lowest BCUT2D eigenvalue weighted by Gasteiger charge is -2.16. The van der Waals surface area contributed by atoms with Crippen molar-refractivity contribution in [1.29, 1.82) is 0 Å². The Labute approximate surface area is 159 Å². The zero-order valence-electron chi connectivity index (χ0n) is 17.0. The van der Waals surface area contributed by atoms with Gasteiger partial charge in [0.2, 0.25) is 0 Å². The highest BCUT2D eigenvalue weighted by molar-refractivity contribution is 5.77. The molecule has 0 radical (unpaired) electrons. The molecule has 1 aromatic rings. The van der Waals surface area contributed by atoms with Gasteiger partial charge in [-0.1, -0.05) is 37.5 Å². The van der Waals surface area contributed by atoms with Crippen LogP contribution in [0.4, 0.5) is 0 Å². The van der Waals surface area contributed by atoms with Gasteiger partial charge in [-0.2, -0.15) is 0 Å². The summed E-state index contributed by atoms with van der Waals surface area (Å²) < 4.78 is 0. The van der Waals surface area contributed by atoms with Crippen molar-refractivity contribution < 1.29 is 9.90 Å². The van der Waals surface area contributed by atoms with Crippen LogP contribution >= 0.6 is 0 Å². The monoisotopic (exact) mass is 356 g/mol. The predicted molar refractivity (Wildman–Crippen MR) is 108 cm³/mol. The average Bonchev–Trinajstić information content (AvgIpc) is 3.48. The Bertz CT molecular complexity index is 650. The first kappa shape index (κ1) is 19.5. The lowest BCUT2D eigenvalue weighted by Crippen LogP contribution is -2.14. The van der Waals surface area contributed by atoms with E-state index in [1.165, 1.54) is 55.2 Å². The molecule has 0 aromatic heterocycles. The van der Waals surface area contributed by atoms with Crippen molar-refractivity contribution in [2.75, 3.05) is 0 Å². The first-order valence-corrected chi connectivity index (χ1v) is 10.7. The maximum Gasteiger partial charge on any atom is 0.309 e. The van der Waals surface area contributed by atoms with E-state index in [1.807, 2.05) is 0 Å². The Morgan fingerprint density at radius 3 is 2.23 bits per heavy atom. The lowest BCUT2D eigenvalue weighted by atomic mass is 9.90. The molecule has 2 aliphatic rings. The zero-order chi connectivity index (χ0) is 18.8. The predicted octanol–water partition coefficient (Wildman–Crippen LogP) is 6.39. The van der Waals surface area contributed by atoms with Crippen LogP contribution in [0.15, 0.2) is 12.1 Å². The van der Waals surface area contributed by atoms with Crippen molar-refractivity contribution >= 4 is 5.97 Å². The van der Waals surface area contributed by atoms with Gasteiger partial charge in [0.15, 0.2) is 0 Å². The summed E-state index contributed by atoms with van der Waals surface area (Å²) in [6.45, 7) is 6.88. The second-order valence-electron chi connectivity index (χ2n) is 9.53. The fourth-order valence-corrected chi connectivity index (χ4v) is 4.48. The second kappa shape index (κ2) is 7.74. The van der Waals surface area contributed by atoms with Crippen LogP contribution < -0.4 is 0 Å². The quantitative estimate of drug-likeness (QED) is 0.466. The van der Waals surface area contributed by atoms with Gasteiger partial charge >= 0.3 is 5.97 Å². The van der Waals surface area contributed by atoms with Crippen LogP contribution in [0, 0.1) is 24.7 Å². The lowest BCUT2D eigenvalue weighted by molar-refractivity contribution is -0.143. The van der Waals surface area contributed by atoms with Gasteiger partial charge in [0, 0.05) is 0 Å². The number of rotatable bonds is 11. The van der Waals surface area contributed by atoms with Gasteiger partial charge in [-0.15, -0.1) is 0 Å². The molecular formula is C24H36O2. The number of benzene rings is 1. The van der Waals surface area contributed by atoms with Crippen molar-refractivity contribution in [2.45, 2.75) is 97.8 Å². The molecular weight excluding hydrogens is 320 g/mol.